The SMILES string of the molecule is CC(C1CC=C(CO)C(=O)O1)C1CCC2C3CCc4cc(O)ccc4C3CCC12C. The highest BCUT2D eigenvalue weighted by Gasteiger charge is 2.56. The molecule has 1 heterocycles. The van der Waals surface area contributed by atoms with Crippen LogP contribution in [0.15, 0.2) is 29.8 Å². The van der Waals surface area contributed by atoms with E-state index in [-0.39, 0.29) is 18.7 Å². The van der Waals surface area contributed by atoms with Gasteiger partial charge in [0.15, 0.2) is 0 Å². The van der Waals surface area contributed by atoms with Crippen molar-refractivity contribution >= 4 is 5.97 Å². The van der Waals surface area contributed by atoms with Crippen LogP contribution in [0, 0.1) is 29.1 Å². The van der Waals surface area contributed by atoms with Crippen molar-refractivity contribution in [3.8, 4) is 5.75 Å². The van der Waals surface area contributed by atoms with Crippen molar-refractivity contribution in [2.24, 2.45) is 29.1 Å². The van der Waals surface area contributed by atoms with Crippen molar-refractivity contribution in [1.29, 1.82) is 0 Å². The Morgan fingerprint density at radius 3 is 2.83 bits per heavy atom. The minimum absolute atomic E-state index is 0.0684. The quantitative estimate of drug-likeness (QED) is 0.707. The van der Waals surface area contributed by atoms with Crippen LogP contribution in [0.5, 0.6) is 5.75 Å². The highest BCUT2D eigenvalue weighted by Crippen LogP contribution is 2.64. The molecule has 7 unspecified atom stereocenters. The van der Waals surface area contributed by atoms with Gasteiger partial charge in [-0.1, -0.05) is 26.0 Å². The summed E-state index contributed by atoms with van der Waals surface area (Å²) in [7, 11) is 0. The van der Waals surface area contributed by atoms with Crippen LogP contribution in [-0.4, -0.2) is 28.9 Å². The number of phenolic OH excluding ortho intramolecular Hbond substituents is 1. The van der Waals surface area contributed by atoms with E-state index in [2.05, 4.69) is 19.9 Å². The molecule has 4 aliphatic rings. The Hall–Kier alpha value is -1.81. The molecule has 0 aromatic heterocycles. The minimum atomic E-state index is -0.337. The summed E-state index contributed by atoms with van der Waals surface area (Å²) < 4.78 is 5.76. The van der Waals surface area contributed by atoms with E-state index in [1.165, 1.54) is 43.2 Å². The summed E-state index contributed by atoms with van der Waals surface area (Å²) in [4.78, 5) is 12.2. The average molecular weight is 411 g/mol. The van der Waals surface area contributed by atoms with Crippen LogP contribution >= 0.6 is 0 Å². The molecule has 0 bridgehead atoms. The van der Waals surface area contributed by atoms with Crippen LogP contribution in [0.25, 0.3) is 0 Å². The molecule has 1 aromatic rings. The standard InChI is InChI=1S/C26H34O4/c1-15(24-10-4-17(14-27)25(29)30-24)22-8-9-23-21-6-3-16-13-18(28)5-7-19(16)20(21)11-12-26(22,23)2/h4-5,7,13,15,20-24,27-28H,3,6,8-12,14H2,1-2H3. The molecule has 2 N–H and O–H groups in total. The molecule has 5 rings (SSSR count). The molecule has 2 saturated carbocycles. The fraction of sp³-hybridized carbons (Fsp3) is 0.654. The molecular formula is C26H34O4. The number of aliphatic hydroxyl groups excluding tert-OH is 1. The summed E-state index contributed by atoms with van der Waals surface area (Å²) in [5.74, 6) is 3.06. The topological polar surface area (TPSA) is 66.8 Å². The van der Waals surface area contributed by atoms with Crippen LogP contribution in [0.1, 0.15) is 69.4 Å². The molecule has 1 aromatic carbocycles. The second-order valence-electron chi connectivity index (χ2n) is 10.5. The highest BCUT2D eigenvalue weighted by molar-refractivity contribution is 5.89. The lowest BCUT2D eigenvalue weighted by atomic mass is 9.53. The molecule has 4 nitrogen and oxygen atoms in total. The predicted octanol–water partition coefficient (Wildman–Crippen LogP) is 4.73. The van der Waals surface area contributed by atoms with Gasteiger partial charge >= 0.3 is 5.97 Å². The van der Waals surface area contributed by atoms with Crippen LogP contribution in [0.2, 0.25) is 0 Å². The Morgan fingerprint density at radius 2 is 2.07 bits per heavy atom. The van der Waals surface area contributed by atoms with Gasteiger partial charge in [-0.3, -0.25) is 0 Å². The molecule has 2 fully saturated rings. The number of benzene rings is 1. The summed E-state index contributed by atoms with van der Waals surface area (Å²) in [5.41, 5.74) is 3.54. The van der Waals surface area contributed by atoms with E-state index < -0.39 is 0 Å². The largest absolute Gasteiger partial charge is 0.508 e. The molecule has 0 amide bonds. The van der Waals surface area contributed by atoms with Crippen LogP contribution in [-0.2, 0) is 16.0 Å². The number of aliphatic hydroxyl groups is 1. The first-order valence-corrected chi connectivity index (χ1v) is 11.7. The zero-order valence-electron chi connectivity index (χ0n) is 18.1. The number of hydrogen-bond donors (Lipinski definition) is 2. The molecule has 1 aliphatic heterocycles. The number of carbonyl (C=O) groups is 1. The van der Waals surface area contributed by atoms with Gasteiger partial charge in [-0.05, 0) is 96.8 Å². The highest BCUT2D eigenvalue weighted by atomic mass is 16.5. The molecule has 0 spiro atoms. The third-order valence-corrected chi connectivity index (χ3v) is 9.29. The van der Waals surface area contributed by atoms with Crippen molar-refractivity contribution in [2.45, 2.75) is 70.8 Å². The molecule has 3 aliphatic carbocycles. The summed E-state index contributed by atoms with van der Waals surface area (Å²) in [6.45, 7) is 4.55. The zero-order chi connectivity index (χ0) is 21.0. The smallest absolute Gasteiger partial charge is 0.336 e. The third kappa shape index (κ3) is 3.02. The fourth-order valence-corrected chi connectivity index (χ4v) is 7.79. The monoisotopic (exact) mass is 410 g/mol. The molecule has 0 radical (unpaired) electrons. The maximum absolute atomic E-state index is 12.2. The second-order valence-corrected chi connectivity index (χ2v) is 10.5. The van der Waals surface area contributed by atoms with Crippen molar-refractivity contribution < 1.29 is 19.7 Å². The molecule has 0 saturated heterocycles. The average Bonchev–Trinajstić information content (AvgIpc) is 3.10. The van der Waals surface area contributed by atoms with Gasteiger partial charge in [0.1, 0.15) is 11.9 Å². The van der Waals surface area contributed by atoms with Gasteiger partial charge in [-0.25, -0.2) is 4.79 Å². The third-order valence-electron chi connectivity index (χ3n) is 9.29. The summed E-state index contributed by atoms with van der Waals surface area (Å²) in [6, 6.07) is 6.01. The van der Waals surface area contributed by atoms with E-state index in [0.29, 0.717) is 34.5 Å². The number of phenols is 1. The van der Waals surface area contributed by atoms with E-state index in [0.717, 1.165) is 24.7 Å². The molecule has 30 heavy (non-hydrogen) atoms. The lowest BCUT2D eigenvalue weighted by molar-refractivity contribution is -0.151. The van der Waals surface area contributed by atoms with Gasteiger partial charge in [0.25, 0.3) is 0 Å². The van der Waals surface area contributed by atoms with Gasteiger partial charge in [0.2, 0.25) is 0 Å². The van der Waals surface area contributed by atoms with Gasteiger partial charge in [-0.2, -0.15) is 0 Å². The lowest BCUT2D eigenvalue weighted by Crippen LogP contribution is -2.45. The number of hydrogen-bond acceptors (Lipinski definition) is 4. The maximum atomic E-state index is 12.2. The van der Waals surface area contributed by atoms with Crippen molar-refractivity contribution in [3.05, 3.63) is 41.0 Å². The number of esters is 1. The number of aromatic hydroxyl groups is 1. The van der Waals surface area contributed by atoms with Crippen LogP contribution in [0.3, 0.4) is 0 Å². The van der Waals surface area contributed by atoms with E-state index in [1.807, 2.05) is 18.2 Å². The second kappa shape index (κ2) is 7.40. The summed E-state index contributed by atoms with van der Waals surface area (Å²) >= 11 is 0. The van der Waals surface area contributed by atoms with Gasteiger partial charge in [0.05, 0.1) is 12.2 Å². The molecule has 162 valence electrons. The summed E-state index contributed by atoms with van der Waals surface area (Å²) in [5, 5.41) is 19.2. The normalized spacial score (nSPS) is 38.7. The zero-order valence-corrected chi connectivity index (χ0v) is 18.1. The Morgan fingerprint density at radius 1 is 1.23 bits per heavy atom. The van der Waals surface area contributed by atoms with E-state index in [4.69, 9.17) is 4.74 Å². The van der Waals surface area contributed by atoms with E-state index >= 15 is 0 Å². The minimum Gasteiger partial charge on any atom is -0.508 e. The van der Waals surface area contributed by atoms with Crippen molar-refractivity contribution in [3.63, 3.8) is 0 Å². The lowest BCUT2D eigenvalue weighted by Gasteiger charge is -2.52. The number of carbonyl (C=O) groups excluding carboxylic acids is 1. The number of aryl methyl sites for hydroxylation is 1. The number of ether oxygens (including phenoxy) is 1. The molecular weight excluding hydrogens is 376 g/mol. The molecule has 7 atom stereocenters. The predicted molar refractivity (Wildman–Crippen MR) is 115 cm³/mol. The van der Waals surface area contributed by atoms with Crippen molar-refractivity contribution in [2.75, 3.05) is 6.61 Å². The van der Waals surface area contributed by atoms with Crippen LogP contribution < -0.4 is 0 Å². The Kier molecular flexibility index (Phi) is 4.96. The van der Waals surface area contributed by atoms with Gasteiger partial charge < -0.3 is 14.9 Å². The maximum Gasteiger partial charge on any atom is 0.336 e. The Labute approximate surface area is 179 Å². The van der Waals surface area contributed by atoms with Crippen molar-refractivity contribution in [1.82, 2.24) is 0 Å². The Bertz CT molecular complexity index is 874. The summed E-state index contributed by atoms with van der Waals surface area (Å²) in [6.07, 6.45) is 9.79. The van der Waals surface area contributed by atoms with Gasteiger partial charge in [-0.15, -0.1) is 0 Å². The number of cyclic esters (lactones) is 1. The number of rotatable bonds is 3. The Balaban J connectivity index is 1.36. The van der Waals surface area contributed by atoms with Crippen LogP contribution in [0.4, 0.5) is 0 Å². The van der Waals surface area contributed by atoms with E-state index in [9.17, 15) is 15.0 Å². The van der Waals surface area contributed by atoms with Gasteiger partial charge in [0, 0.05) is 6.42 Å². The van der Waals surface area contributed by atoms with E-state index in [1.54, 1.807) is 0 Å². The number of fused-ring (bicyclic) bond motifs is 5. The first kappa shape index (κ1) is 20.1. The molecule has 4 heteroatoms. The first-order valence-electron chi connectivity index (χ1n) is 11.7. The fourth-order valence-electron chi connectivity index (χ4n) is 7.79. The first-order chi connectivity index (χ1) is 14.4.